The maximum absolute atomic E-state index is 10.8. The maximum Gasteiger partial charge on any atom is 0.139 e. The van der Waals surface area contributed by atoms with Gasteiger partial charge in [0.1, 0.15) is 5.60 Å². The topological polar surface area (TPSA) is 55.2 Å². The third-order valence-electron chi connectivity index (χ3n) is 3.20. The van der Waals surface area contributed by atoms with Crippen molar-refractivity contribution in [3.8, 4) is 0 Å². The molecule has 1 atom stereocenters. The Bertz CT molecular complexity index is 389. The van der Waals surface area contributed by atoms with E-state index in [0.717, 1.165) is 0 Å². The van der Waals surface area contributed by atoms with Crippen LogP contribution in [0, 0.1) is 0 Å². The minimum atomic E-state index is -1.08. The highest BCUT2D eigenvalue weighted by molar-refractivity contribution is 5.19. The van der Waals surface area contributed by atoms with Crippen molar-refractivity contribution in [1.29, 1.82) is 0 Å². The Balaban J connectivity index is 2.46. The molecule has 1 saturated heterocycles. The standard InChI is InChI=1S/C12H18N2O2/c1-10(2)8-12(15,11(3,4)16-10)9-7-13-5-6-14-9/h5-7,15H,8H2,1-4H3. The van der Waals surface area contributed by atoms with Gasteiger partial charge in [0.2, 0.25) is 0 Å². The number of ether oxygens (including phenoxy) is 1. The van der Waals surface area contributed by atoms with E-state index in [-0.39, 0.29) is 5.60 Å². The van der Waals surface area contributed by atoms with Crippen LogP contribution in [0.2, 0.25) is 0 Å². The highest BCUT2D eigenvalue weighted by Gasteiger charge is 2.58. The van der Waals surface area contributed by atoms with Gasteiger partial charge in [0.15, 0.2) is 0 Å². The van der Waals surface area contributed by atoms with Crippen LogP contribution in [0.25, 0.3) is 0 Å². The van der Waals surface area contributed by atoms with Crippen LogP contribution in [0.3, 0.4) is 0 Å². The second-order valence-electron chi connectivity index (χ2n) is 5.50. The van der Waals surface area contributed by atoms with Crippen molar-refractivity contribution >= 4 is 0 Å². The van der Waals surface area contributed by atoms with Gasteiger partial charge in [-0.05, 0) is 27.7 Å². The Morgan fingerprint density at radius 3 is 2.38 bits per heavy atom. The second-order valence-corrected chi connectivity index (χ2v) is 5.50. The van der Waals surface area contributed by atoms with Crippen LogP contribution < -0.4 is 0 Å². The lowest BCUT2D eigenvalue weighted by Crippen LogP contribution is -2.44. The van der Waals surface area contributed by atoms with E-state index in [1.165, 1.54) is 0 Å². The summed E-state index contributed by atoms with van der Waals surface area (Å²) in [4.78, 5) is 8.21. The lowest BCUT2D eigenvalue weighted by atomic mass is 9.80. The van der Waals surface area contributed by atoms with E-state index in [4.69, 9.17) is 4.74 Å². The third kappa shape index (κ3) is 1.62. The molecule has 1 unspecified atom stereocenters. The first kappa shape index (κ1) is 11.5. The Hall–Kier alpha value is -1.00. The highest BCUT2D eigenvalue weighted by atomic mass is 16.5. The summed E-state index contributed by atoms with van der Waals surface area (Å²) in [6, 6.07) is 0. The second kappa shape index (κ2) is 3.25. The first-order valence-corrected chi connectivity index (χ1v) is 5.46. The minimum Gasteiger partial charge on any atom is -0.380 e. The molecule has 0 aromatic carbocycles. The summed E-state index contributed by atoms with van der Waals surface area (Å²) in [6.07, 6.45) is 5.31. The molecule has 1 aromatic heterocycles. The molecule has 1 fully saturated rings. The third-order valence-corrected chi connectivity index (χ3v) is 3.20. The molecule has 0 saturated carbocycles. The summed E-state index contributed by atoms with van der Waals surface area (Å²) in [6.45, 7) is 7.72. The van der Waals surface area contributed by atoms with Crippen LogP contribution in [0.15, 0.2) is 18.6 Å². The Morgan fingerprint density at radius 1 is 1.25 bits per heavy atom. The first-order valence-electron chi connectivity index (χ1n) is 5.46. The molecule has 4 nitrogen and oxygen atoms in total. The first-order chi connectivity index (χ1) is 7.27. The Morgan fingerprint density at radius 2 is 1.94 bits per heavy atom. The average molecular weight is 222 g/mol. The predicted octanol–water partition coefficient (Wildman–Crippen LogP) is 1.64. The normalized spacial score (nSPS) is 31.6. The summed E-state index contributed by atoms with van der Waals surface area (Å²) in [5.41, 5.74) is -1.52. The van der Waals surface area contributed by atoms with Crippen molar-refractivity contribution in [3.63, 3.8) is 0 Å². The van der Waals surface area contributed by atoms with Crippen molar-refractivity contribution in [2.45, 2.75) is 50.9 Å². The van der Waals surface area contributed by atoms with Gasteiger partial charge in [-0.15, -0.1) is 0 Å². The van der Waals surface area contributed by atoms with E-state index >= 15 is 0 Å². The molecule has 1 aliphatic heterocycles. The number of rotatable bonds is 1. The molecule has 1 aliphatic rings. The zero-order valence-electron chi connectivity index (χ0n) is 10.2. The fourth-order valence-corrected chi connectivity index (χ4v) is 2.55. The summed E-state index contributed by atoms with van der Waals surface area (Å²) in [5, 5.41) is 10.8. The Labute approximate surface area is 95.7 Å². The molecule has 2 rings (SSSR count). The predicted molar refractivity (Wildman–Crippen MR) is 59.8 cm³/mol. The van der Waals surface area contributed by atoms with Crippen molar-refractivity contribution in [2.24, 2.45) is 0 Å². The number of aliphatic hydroxyl groups is 1. The van der Waals surface area contributed by atoms with Crippen molar-refractivity contribution in [3.05, 3.63) is 24.3 Å². The summed E-state index contributed by atoms with van der Waals surface area (Å²) in [5.74, 6) is 0. The van der Waals surface area contributed by atoms with Crippen LogP contribution in [0.5, 0.6) is 0 Å². The molecule has 4 heteroatoms. The van der Waals surface area contributed by atoms with Crippen LogP contribution in [0.4, 0.5) is 0 Å². The van der Waals surface area contributed by atoms with E-state index in [1.54, 1.807) is 18.6 Å². The maximum atomic E-state index is 10.8. The van der Waals surface area contributed by atoms with E-state index < -0.39 is 11.2 Å². The number of hydrogen-bond donors (Lipinski definition) is 1. The average Bonchev–Trinajstić information content (AvgIpc) is 2.33. The molecule has 88 valence electrons. The number of hydrogen-bond acceptors (Lipinski definition) is 4. The van der Waals surface area contributed by atoms with Crippen LogP contribution in [0.1, 0.15) is 39.8 Å². The molecule has 0 amide bonds. The number of nitrogens with zero attached hydrogens (tertiary/aromatic N) is 2. The van der Waals surface area contributed by atoms with Gasteiger partial charge in [0.25, 0.3) is 0 Å². The van der Waals surface area contributed by atoms with E-state index in [0.29, 0.717) is 12.1 Å². The van der Waals surface area contributed by atoms with Gasteiger partial charge in [0, 0.05) is 18.8 Å². The molecular weight excluding hydrogens is 204 g/mol. The van der Waals surface area contributed by atoms with Gasteiger partial charge in [0.05, 0.1) is 23.1 Å². The fourth-order valence-electron chi connectivity index (χ4n) is 2.55. The van der Waals surface area contributed by atoms with Gasteiger partial charge < -0.3 is 9.84 Å². The van der Waals surface area contributed by atoms with Crippen LogP contribution in [-0.4, -0.2) is 26.3 Å². The van der Waals surface area contributed by atoms with Crippen LogP contribution >= 0.6 is 0 Å². The van der Waals surface area contributed by atoms with E-state index in [1.807, 2.05) is 27.7 Å². The Kier molecular flexibility index (Phi) is 2.33. The van der Waals surface area contributed by atoms with Gasteiger partial charge in [-0.25, -0.2) is 0 Å². The summed E-state index contributed by atoms with van der Waals surface area (Å²) in [7, 11) is 0. The number of aromatic nitrogens is 2. The van der Waals surface area contributed by atoms with Gasteiger partial charge >= 0.3 is 0 Å². The van der Waals surface area contributed by atoms with Crippen molar-refractivity contribution in [1.82, 2.24) is 9.97 Å². The molecule has 1 aromatic rings. The zero-order chi connectivity index (χ0) is 12.0. The monoisotopic (exact) mass is 222 g/mol. The SMILES string of the molecule is CC1(C)CC(O)(c2cnccn2)C(C)(C)O1. The zero-order valence-corrected chi connectivity index (χ0v) is 10.2. The highest BCUT2D eigenvalue weighted by Crippen LogP contribution is 2.49. The lowest BCUT2D eigenvalue weighted by molar-refractivity contribution is -0.131. The molecule has 2 heterocycles. The molecule has 0 aliphatic carbocycles. The van der Waals surface area contributed by atoms with E-state index in [2.05, 4.69) is 9.97 Å². The molecule has 0 radical (unpaired) electrons. The molecular formula is C12H18N2O2. The van der Waals surface area contributed by atoms with Crippen LogP contribution in [-0.2, 0) is 10.3 Å². The quantitative estimate of drug-likeness (QED) is 0.784. The minimum absolute atomic E-state index is 0.351. The molecule has 16 heavy (non-hydrogen) atoms. The van der Waals surface area contributed by atoms with Gasteiger partial charge in [-0.3, -0.25) is 9.97 Å². The molecule has 0 spiro atoms. The smallest absolute Gasteiger partial charge is 0.139 e. The summed E-state index contributed by atoms with van der Waals surface area (Å²) >= 11 is 0. The largest absolute Gasteiger partial charge is 0.380 e. The van der Waals surface area contributed by atoms with Crippen molar-refractivity contribution in [2.75, 3.05) is 0 Å². The van der Waals surface area contributed by atoms with E-state index in [9.17, 15) is 5.11 Å². The fraction of sp³-hybridized carbons (Fsp3) is 0.667. The lowest BCUT2D eigenvalue weighted by Gasteiger charge is -2.34. The van der Waals surface area contributed by atoms with Gasteiger partial charge in [-0.2, -0.15) is 0 Å². The summed E-state index contributed by atoms with van der Waals surface area (Å²) < 4.78 is 5.89. The molecule has 0 bridgehead atoms. The van der Waals surface area contributed by atoms with Gasteiger partial charge in [-0.1, -0.05) is 0 Å². The molecule has 1 N–H and O–H groups in total. The van der Waals surface area contributed by atoms with Crippen molar-refractivity contribution < 1.29 is 9.84 Å².